The third-order valence-corrected chi connectivity index (χ3v) is 3.52. The summed E-state index contributed by atoms with van der Waals surface area (Å²) >= 11 is 0. The molecule has 3 aromatic heterocycles. The van der Waals surface area contributed by atoms with Crippen molar-refractivity contribution >= 4 is 16.8 Å². The fourth-order valence-electron chi connectivity index (χ4n) is 2.37. The number of hydrogen-bond donors (Lipinski definition) is 0. The number of hydrogen-bond acceptors (Lipinski definition) is 3. The predicted molar refractivity (Wildman–Crippen MR) is 78.4 cm³/mol. The number of pyridine rings is 1. The molecule has 0 aliphatic rings. The predicted octanol–water partition coefficient (Wildman–Crippen LogP) is 3.53. The zero-order valence-electron chi connectivity index (χ0n) is 11.6. The lowest BCUT2D eigenvalue weighted by atomic mass is 10.2. The minimum absolute atomic E-state index is 0.366. The molecule has 3 heterocycles. The third kappa shape index (κ3) is 1.92. The molecule has 0 N–H and O–H groups in total. The fraction of sp³-hybridized carbons (Fsp3) is 0.0625. The summed E-state index contributed by atoms with van der Waals surface area (Å²) in [6.45, 7) is 1.91. The van der Waals surface area contributed by atoms with E-state index in [1.807, 2.05) is 19.1 Å². The molecule has 0 fully saturated rings. The standard InChI is InChI=1S/C16H10F2N4/c1-9-2-3-10(8-19-9)13-4-5-22-15-7-12(18)11(17)6-14(15)21-16(22)20-13/h2-8H,1H3. The molecule has 4 aromatic rings. The molecule has 0 unspecified atom stereocenters. The summed E-state index contributed by atoms with van der Waals surface area (Å²) in [5.74, 6) is -1.43. The van der Waals surface area contributed by atoms with Gasteiger partial charge < -0.3 is 0 Å². The van der Waals surface area contributed by atoms with Crippen LogP contribution in [0.5, 0.6) is 0 Å². The van der Waals surface area contributed by atoms with Crippen LogP contribution in [0.1, 0.15) is 5.69 Å². The molecule has 0 radical (unpaired) electrons. The maximum atomic E-state index is 13.4. The summed E-state index contributed by atoms with van der Waals surface area (Å²) < 4.78 is 28.3. The first-order chi connectivity index (χ1) is 10.6. The maximum Gasteiger partial charge on any atom is 0.235 e. The van der Waals surface area contributed by atoms with Crippen molar-refractivity contribution in [2.75, 3.05) is 0 Å². The van der Waals surface area contributed by atoms with Crippen LogP contribution in [0.15, 0.2) is 42.7 Å². The number of halogens is 2. The fourth-order valence-corrected chi connectivity index (χ4v) is 2.37. The molecule has 4 nitrogen and oxygen atoms in total. The number of benzene rings is 1. The Morgan fingerprint density at radius 3 is 2.59 bits per heavy atom. The molecule has 0 saturated carbocycles. The second-order valence-electron chi connectivity index (χ2n) is 5.04. The first kappa shape index (κ1) is 12.8. The number of imidazole rings is 1. The van der Waals surface area contributed by atoms with E-state index < -0.39 is 11.6 Å². The number of aryl methyl sites for hydroxylation is 1. The van der Waals surface area contributed by atoms with Gasteiger partial charge in [-0.25, -0.2) is 18.7 Å². The Hall–Kier alpha value is -2.89. The highest BCUT2D eigenvalue weighted by Gasteiger charge is 2.11. The second-order valence-corrected chi connectivity index (χ2v) is 5.04. The normalized spacial score (nSPS) is 11.4. The highest BCUT2D eigenvalue weighted by atomic mass is 19.2. The van der Waals surface area contributed by atoms with Gasteiger partial charge in [-0.2, -0.15) is 0 Å². The van der Waals surface area contributed by atoms with Crippen LogP contribution < -0.4 is 0 Å². The van der Waals surface area contributed by atoms with Crippen LogP contribution in [0.25, 0.3) is 28.1 Å². The summed E-state index contributed by atoms with van der Waals surface area (Å²) in [5.41, 5.74) is 3.33. The largest absolute Gasteiger partial charge is 0.284 e. The quantitative estimate of drug-likeness (QED) is 0.539. The van der Waals surface area contributed by atoms with Gasteiger partial charge in [0.25, 0.3) is 0 Å². The summed E-state index contributed by atoms with van der Waals surface area (Å²) in [4.78, 5) is 12.9. The van der Waals surface area contributed by atoms with Gasteiger partial charge in [0.2, 0.25) is 5.78 Å². The van der Waals surface area contributed by atoms with Crippen molar-refractivity contribution in [3.8, 4) is 11.3 Å². The van der Waals surface area contributed by atoms with Gasteiger partial charge in [-0.1, -0.05) is 0 Å². The zero-order valence-corrected chi connectivity index (χ0v) is 11.6. The number of aromatic nitrogens is 4. The Morgan fingerprint density at radius 1 is 1.00 bits per heavy atom. The minimum Gasteiger partial charge on any atom is -0.284 e. The molecule has 0 aliphatic carbocycles. The van der Waals surface area contributed by atoms with Crippen molar-refractivity contribution in [1.82, 2.24) is 19.4 Å². The van der Waals surface area contributed by atoms with Crippen LogP contribution in [-0.2, 0) is 0 Å². The van der Waals surface area contributed by atoms with Gasteiger partial charge in [-0.3, -0.25) is 9.38 Å². The Balaban J connectivity index is 1.94. The van der Waals surface area contributed by atoms with Crippen LogP contribution >= 0.6 is 0 Å². The lowest BCUT2D eigenvalue weighted by molar-refractivity contribution is 0.510. The Labute approximate surface area is 124 Å². The Bertz CT molecular complexity index is 1010. The first-order valence-corrected chi connectivity index (χ1v) is 6.69. The minimum atomic E-state index is -0.918. The van der Waals surface area contributed by atoms with Crippen molar-refractivity contribution < 1.29 is 8.78 Å². The van der Waals surface area contributed by atoms with E-state index in [1.54, 1.807) is 22.9 Å². The third-order valence-electron chi connectivity index (χ3n) is 3.52. The van der Waals surface area contributed by atoms with Gasteiger partial charge in [-0.05, 0) is 25.1 Å². The lowest BCUT2D eigenvalue weighted by Crippen LogP contribution is -1.92. The van der Waals surface area contributed by atoms with E-state index in [1.165, 1.54) is 0 Å². The van der Waals surface area contributed by atoms with Crippen molar-refractivity contribution in [2.45, 2.75) is 6.92 Å². The van der Waals surface area contributed by atoms with Gasteiger partial charge >= 0.3 is 0 Å². The summed E-state index contributed by atoms with van der Waals surface area (Å²) in [7, 11) is 0. The molecule has 4 rings (SSSR count). The summed E-state index contributed by atoms with van der Waals surface area (Å²) in [6, 6.07) is 7.81. The molecule has 6 heteroatoms. The average Bonchev–Trinajstić information content (AvgIpc) is 2.85. The van der Waals surface area contributed by atoms with E-state index in [9.17, 15) is 8.78 Å². The molecule has 0 aliphatic heterocycles. The van der Waals surface area contributed by atoms with Crippen LogP contribution in [-0.4, -0.2) is 19.4 Å². The van der Waals surface area contributed by atoms with E-state index in [-0.39, 0.29) is 0 Å². The Kier molecular flexibility index (Phi) is 2.66. The van der Waals surface area contributed by atoms with Gasteiger partial charge in [0.05, 0.1) is 16.7 Å². The number of fused-ring (bicyclic) bond motifs is 3. The topological polar surface area (TPSA) is 43.1 Å². The van der Waals surface area contributed by atoms with Crippen LogP contribution in [0, 0.1) is 18.6 Å². The highest BCUT2D eigenvalue weighted by molar-refractivity contribution is 5.80. The first-order valence-electron chi connectivity index (χ1n) is 6.69. The molecule has 1 aromatic carbocycles. The van der Waals surface area contributed by atoms with E-state index in [2.05, 4.69) is 15.0 Å². The van der Waals surface area contributed by atoms with Crippen molar-refractivity contribution in [3.05, 3.63) is 60.1 Å². The molecular formula is C16H10F2N4. The van der Waals surface area contributed by atoms with E-state index >= 15 is 0 Å². The molecule has 0 amide bonds. The van der Waals surface area contributed by atoms with E-state index in [0.717, 1.165) is 23.4 Å². The number of nitrogens with zero attached hydrogens (tertiary/aromatic N) is 4. The monoisotopic (exact) mass is 296 g/mol. The maximum absolute atomic E-state index is 13.4. The highest BCUT2D eigenvalue weighted by Crippen LogP contribution is 2.22. The zero-order chi connectivity index (χ0) is 15.3. The average molecular weight is 296 g/mol. The molecule has 0 atom stereocenters. The summed E-state index contributed by atoms with van der Waals surface area (Å²) in [6.07, 6.45) is 3.47. The molecule has 0 bridgehead atoms. The van der Waals surface area contributed by atoms with Crippen molar-refractivity contribution in [1.29, 1.82) is 0 Å². The van der Waals surface area contributed by atoms with Crippen molar-refractivity contribution in [2.24, 2.45) is 0 Å². The van der Waals surface area contributed by atoms with E-state index in [0.29, 0.717) is 22.5 Å². The molecule has 0 saturated heterocycles. The molecule has 108 valence electrons. The molecular weight excluding hydrogens is 286 g/mol. The van der Waals surface area contributed by atoms with Crippen LogP contribution in [0.3, 0.4) is 0 Å². The van der Waals surface area contributed by atoms with E-state index in [4.69, 9.17) is 0 Å². The number of rotatable bonds is 1. The molecule has 0 spiro atoms. The lowest BCUT2D eigenvalue weighted by Gasteiger charge is -2.02. The van der Waals surface area contributed by atoms with Crippen molar-refractivity contribution in [3.63, 3.8) is 0 Å². The Morgan fingerprint density at radius 2 is 1.82 bits per heavy atom. The smallest absolute Gasteiger partial charge is 0.235 e. The SMILES string of the molecule is Cc1ccc(-c2ccn3c(n2)nc2cc(F)c(F)cc23)cn1. The molecule has 22 heavy (non-hydrogen) atoms. The van der Waals surface area contributed by atoms with Gasteiger partial charge in [-0.15, -0.1) is 0 Å². The second kappa shape index (κ2) is 4.56. The van der Waals surface area contributed by atoms with Gasteiger partial charge in [0, 0.05) is 35.8 Å². The van der Waals surface area contributed by atoms with Crippen LogP contribution in [0.2, 0.25) is 0 Å². The van der Waals surface area contributed by atoms with Gasteiger partial charge in [0.1, 0.15) is 0 Å². The van der Waals surface area contributed by atoms with Crippen LogP contribution in [0.4, 0.5) is 8.78 Å². The summed E-state index contributed by atoms with van der Waals surface area (Å²) in [5, 5.41) is 0. The van der Waals surface area contributed by atoms with Gasteiger partial charge in [0.15, 0.2) is 11.6 Å².